The SMILES string of the molecule is Cc1c(C(F)(F)F)cc(NS(=O)(=O)c2ccccc2)n1-c1ccc(F)cc1. The Balaban J connectivity index is 2.16. The summed E-state index contributed by atoms with van der Waals surface area (Å²) in [7, 11) is -4.11. The van der Waals surface area contributed by atoms with Crippen molar-refractivity contribution in [2.75, 3.05) is 4.72 Å². The van der Waals surface area contributed by atoms with E-state index in [2.05, 4.69) is 4.72 Å². The number of nitrogens with zero attached hydrogens (tertiary/aromatic N) is 1. The lowest BCUT2D eigenvalue weighted by Gasteiger charge is -2.14. The molecule has 0 aliphatic rings. The minimum absolute atomic E-state index is 0.0944. The molecule has 4 nitrogen and oxygen atoms in total. The van der Waals surface area contributed by atoms with Crippen LogP contribution < -0.4 is 4.72 Å². The molecule has 1 N–H and O–H groups in total. The third-order valence-electron chi connectivity index (χ3n) is 3.93. The van der Waals surface area contributed by atoms with Gasteiger partial charge in [0, 0.05) is 11.4 Å². The van der Waals surface area contributed by atoms with Gasteiger partial charge in [-0.15, -0.1) is 0 Å². The zero-order valence-corrected chi connectivity index (χ0v) is 14.8. The first kappa shape index (κ1) is 19.0. The summed E-state index contributed by atoms with van der Waals surface area (Å²) in [5.41, 5.74) is -1.02. The number of halogens is 4. The predicted octanol–water partition coefficient (Wildman–Crippen LogP) is 4.74. The summed E-state index contributed by atoms with van der Waals surface area (Å²) in [5, 5.41) is 0. The van der Waals surface area contributed by atoms with E-state index >= 15 is 0 Å². The van der Waals surface area contributed by atoms with E-state index in [1.54, 1.807) is 6.07 Å². The molecule has 0 saturated heterocycles. The van der Waals surface area contributed by atoms with Crippen molar-refractivity contribution < 1.29 is 26.0 Å². The molecule has 1 aromatic heterocycles. The van der Waals surface area contributed by atoms with E-state index < -0.39 is 27.6 Å². The Hall–Kier alpha value is -2.81. The van der Waals surface area contributed by atoms with Crippen LogP contribution >= 0.6 is 0 Å². The van der Waals surface area contributed by atoms with E-state index in [4.69, 9.17) is 0 Å². The Labute approximate surface area is 153 Å². The second-order valence-electron chi connectivity index (χ2n) is 5.76. The highest BCUT2D eigenvalue weighted by Gasteiger charge is 2.36. The van der Waals surface area contributed by atoms with Gasteiger partial charge in [-0.25, -0.2) is 12.8 Å². The standard InChI is InChI=1S/C18H14F4N2O2S/c1-12-16(18(20,21)22)11-17(24(12)14-9-7-13(19)8-10-14)23-27(25,26)15-5-3-2-4-6-15/h2-11,23H,1H3. The summed E-state index contributed by atoms with van der Waals surface area (Å²) in [5.74, 6) is -0.860. The lowest BCUT2D eigenvalue weighted by Crippen LogP contribution is -2.15. The predicted molar refractivity (Wildman–Crippen MR) is 92.7 cm³/mol. The molecule has 0 aliphatic carbocycles. The molecule has 0 radical (unpaired) electrons. The van der Waals surface area contributed by atoms with E-state index in [9.17, 15) is 26.0 Å². The maximum Gasteiger partial charge on any atom is 0.418 e. The molecule has 27 heavy (non-hydrogen) atoms. The van der Waals surface area contributed by atoms with Gasteiger partial charge >= 0.3 is 6.18 Å². The third kappa shape index (κ3) is 3.82. The van der Waals surface area contributed by atoms with Crippen LogP contribution in [0.4, 0.5) is 23.4 Å². The highest BCUT2D eigenvalue weighted by atomic mass is 32.2. The maximum absolute atomic E-state index is 13.3. The van der Waals surface area contributed by atoms with Gasteiger partial charge in [-0.05, 0) is 49.4 Å². The van der Waals surface area contributed by atoms with E-state index in [1.165, 1.54) is 43.3 Å². The zero-order valence-electron chi connectivity index (χ0n) is 14.0. The van der Waals surface area contributed by atoms with Gasteiger partial charge in [0.05, 0.1) is 10.5 Å². The van der Waals surface area contributed by atoms with E-state index in [0.717, 1.165) is 22.8 Å². The van der Waals surface area contributed by atoms with Crippen molar-refractivity contribution in [3.63, 3.8) is 0 Å². The van der Waals surface area contributed by atoms with Crippen molar-refractivity contribution in [3.05, 3.63) is 77.7 Å². The first-order valence-electron chi connectivity index (χ1n) is 7.73. The van der Waals surface area contributed by atoms with Crippen molar-refractivity contribution in [3.8, 4) is 5.69 Å². The largest absolute Gasteiger partial charge is 0.418 e. The van der Waals surface area contributed by atoms with E-state index in [1.807, 2.05) is 0 Å². The highest BCUT2D eigenvalue weighted by molar-refractivity contribution is 7.92. The van der Waals surface area contributed by atoms with Gasteiger partial charge < -0.3 is 0 Å². The molecule has 1 heterocycles. The molecular formula is C18H14F4N2O2S. The number of hydrogen-bond donors (Lipinski definition) is 1. The fourth-order valence-corrected chi connectivity index (χ4v) is 3.75. The van der Waals surface area contributed by atoms with Crippen LogP contribution in [-0.4, -0.2) is 13.0 Å². The van der Waals surface area contributed by atoms with Crippen LogP contribution in [0.3, 0.4) is 0 Å². The summed E-state index contributed by atoms with van der Waals surface area (Å²) in [6.45, 7) is 1.21. The van der Waals surface area contributed by atoms with Crippen molar-refractivity contribution in [2.45, 2.75) is 18.0 Å². The zero-order chi connectivity index (χ0) is 19.8. The summed E-state index contributed by atoms with van der Waals surface area (Å²) in [6, 6.07) is 12.7. The van der Waals surface area contributed by atoms with Crippen LogP contribution in [0.25, 0.3) is 5.69 Å². The Morgan fingerprint density at radius 1 is 0.963 bits per heavy atom. The highest BCUT2D eigenvalue weighted by Crippen LogP contribution is 2.37. The van der Waals surface area contributed by atoms with Gasteiger partial charge in [0.25, 0.3) is 10.0 Å². The average molecular weight is 398 g/mol. The molecule has 2 aromatic carbocycles. The van der Waals surface area contributed by atoms with Gasteiger partial charge in [-0.3, -0.25) is 9.29 Å². The number of benzene rings is 2. The second kappa shape index (κ2) is 6.73. The minimum Gasteiger partial charge on any atom is -0.300 e. The molecule has 0 amide bonds. The lowest BCUT2D eigenvalue weighted by molar-refractivity contribution is -0.138. The summed E-state index contributed by atoms with van der Waals surface area (Å²) in [6.07, 6.45) is -4.68. The van der Waals surface area contributed by atoms with Crippen molar-refractivity contribution in [1.82, 2.24) is 4.57 Å². The number of rotatable bonds is 4. The molecular weight excluding hydrogens is 384 g/mol. The van der Waals surface area contributed by atoms with Gasteiger partial charge in [-0.1, -0.05) is 18.2 Å². The fraction of sp³-hybridized carbons (Fsp3) is 0.111. The lowest BCUT2D eigenvalue weighted by atomic mass is 10.2. The van der Waals surface area contributed by atoms with E-state index in [0.29, 0.717) is 0 Å². The second-order valence-corrected chi connectivity index (χ2v) is 7.44. The molecule has 0 aliphatic heterocycles. The van der Waals surface area contributed by atoms with Gasteiger partial charge in [0.2, 0.25) is 0 Å². The Morgan fingerprint density at radius 2 is 1.56 bits per heavy atom. The Kier molecular flexibility index (Phi) is 4.73. The molecule has 0 spiro atoms. The summed E-state index contributed by atoms with van der Waals surface area (Å²) >= 11 is 0. The summed E-state index contributed by atoms with van der Waals surface area (Å²) < 4.78 is 81.5. The van der Waals surface area contributed by atoms with Crippen molar-refractivity contribution in [2.24, 2.45) is 0 Å². The number of anilines is 1. The van der Waals surface area contributed by atoms with Crippen LogP contribution in [0.5, 0.6) is 0 Å². The molecule has 0 fully saturated rings. The first-order chi connectivity index (χ1) is 12.6. The molecule has 3 aromatic rings. The van der Waals surface area contributed by atoms with E-state index in [-0.39, 0.29) is 22.1 Å². The number of nitrogens with one attached hydrogen (secondary N) is 1. The van der Waals surface area contributed by atoms with Crippen LogP contribution in [0.2, 0.25) is 0 Å². The topological polar surface area (TPSA) is 51.1 Å². The van der Waals surface area contributed by atoms with Crippen molar-refractivity contribution in [1.29, 1.82) is 0 Å². The van der Waals surface area contributed by atoms with Crippen LogP contribution in [0.1, 0.15) is 11.3 Å². The number of sulfonamides is 1. The Bertz CT molecular complexity index is 1060. The monoisotopic (exact) mass is 398 g/mol. The number of alkyl halides is 3. The van der Waals surface area contributed by atoms with Gasteiger partial charge in [0.15, 0.2) is 0 Å². The third-order valence-corrected chi connectivity index (χ3v) is 5.30. The summed E-state index contributed by atoms with van der Waals surface area (Å²) in [4.78, 5) is -0.0944. The molecule has 0 bridgehead atoms. The van der Waals surface area contributed by atoms with Crippen LogP contribution in [-0.2, 0) is 16.2 Å². The minimum atomic E-state index is -4.68. The molecule has 0 unspecified atom stereocenters. The molecule has 142 valence electrons. The van der Waals surface area contributed by atoms with Crippen LogP contribution in [0.15, 0.2) is 65.6 Å². The maximum atomic E-state index is 13.3. The number of hydrogen-bond acceptors (Lipinski definition) is 2. The van der Waals surface area contributed by atoms with Gasteiger partial charge in [0.1, 0.15) is 11.6 Å². The molecule has 0 atom stereocenters. The van der Waals surface area contributed by atoms with Gasteiger partial charge in [-0.2, -0.15) is 13.2 Å². The molecule has 0 saturated carbocycles. The molecule has 9 heteroatoms. The molecule has 3 rings (SSSR count). The fourth-order valence-electron chi connectivity index (χ4n) is 2.69. The first-order valence-corrected chi connectivity index (χ1v) is 9.21. The average Bonchev–Trinajstić information content (AvgIpc) is 2.92. The smallest absolute Gasteiger partial charge is 0.300 e. The number of aromatic nitrogens is 1. The quantitative estimate of drug-likeness (QED) is 0.645. The normalized spacial score (nSPS) is 12.2. The van der Waals surface area contributed by atoms with Crippen LogP contribution in [0, 0.1) is 12.7 Å². The Morgan fingerprint density at radius 3 is 2.11 bits per heavy atom. The van der Waals surface area contributed by atoms with Crippen molar-refractivity contribution >= 4 is 15.8 Å².